The van der Waals surface area contributed by atoms with Crippen LogP contribution in [0.3, 0.4) is 0 Å². The molecule has 1 N–H and O–H groups in total. The average molecular weight is 281 g/mol. The van der Waals surface area contributed by atoms with E-state index in [1.54, 1.807) is 14.2 Å². The number of hydrogen-bond donors (Lipinski definition) is 1. The highest BCUT2D eigenvalue weighted by Crippen LogP contribution is 2.24. The Morgan fingerprint density at radius 2 is 1.90 bits per heavy atom. The van der Waals surface area contributed by atoms with Crippen molar-refractivity contribution in [2.75, 3.05) is 27.4 Å². The summed E-state index contributed by atoms with van der Waals surface area (Å²) in [4.78, 5) is 0. The van der Waals surface area contributed by atoms with Crippen LogP contribution >= 0.6 is 0 Å². The van der Waals surface area contributed by atoms with Gasteiger partial charge >= 0.3 is 0 Å². The maximum absolute atomic E-state index is 5.52. The van der Waals surface area contributed by atoms with E-state index in [9.17, 15) is 0 Å². The highest BCUT2D eigenvalue weighted by Gasteiger charge is 2.14. The van der Waals surface area contributed by atoms with Gasteiger partial charge in [-0.15, -0.1) is 0 Å². The standard InChI is InChI=1S/C16H27NO3/c1-6-20-11-15(12(2)3)17-10-13-7-8-14(18-4)9-16(13)19-5/h7-9,12,15,17H,6,10-11H2,1-5H3. The Kier molecular flexibility index (Phi) is 7.41. The van der Waals surface area contributed by atoms with Gasteiger partial charge in [-0.05, 0) is 18.9 Å². The van der Waals surface area contributed by atoms with Crippen molar-refractivity contribution in [2.24, 2.45) is 5.92 Å². The quantitative estimate of drug-likeness (QED) is 0.755. The van der Waals surface area contributed by atoms with Crippen molar-refractivity contribution in [1.29, 1.82) is 0 Å². The molecule has 0 aliphatic rings. The third-order valence-corrected chi connectivity index (χ3v) is 3.36. The second-order valence-corrected chi connectivity index (χ2v) is 5.07. The van der Waals surface area contributed by atoms with Gasteiger partial charge in [0.2, 0.25) is 0 Å². The van der Waals surface area contributed by atoms with Gasteiger partial charge in [-0.1, -0.05) is 19.9 Å². The largest absolute Gasteiger partial charge is 0.497 e. The summed E-state index contributed by atoms with van der Waals surface area (Å²) < 4.78 is 16.1. The molecule has 1 aromatic carbocycles. The van der Waals surface area contributed by atoms with E-state index < -0.39 is 0 Å². The van der Waals surface area contributed by atoms with Gasteiger partial charge in [-0.2, -0.15) is 0 Å². The normalized spacial score (nSPS) is 12.5. The van der Waals surface area contributed by atoms with Crippen LogP contribution in [0.1, 0.15) is 26.3 Å². The zero-order valence-corrected chi connectivity index (χ0v) is 13.2. The molecule has 0 aliphatic heterocycles. The fourth-order valence-electron chi connectivity index (χ4n) is 1.97. The molecule has 0 saturated heterocycles. The lowest BCUT2D eigenvalue weighted by atomic mass is 10.0. The molecule has 1 unspecified atom stereocenters. The molecule has 20 heavy (non-hydrogen) atoms. The van der Waals surface area contributed by atoms with Crippen molar-refractivity contribution in [3.05, 3.63) is 23.8 Å². The van der Waals surface area contributed by atoms with Crippen molar-refractivity contribution in [2.45, 2.75) is 33.4 Å². The molecule has 0 bridgehead atoms. The summed E-state index contributed by atoms with van der Waals surface area (Å²) >= 11 is 0. The SMILES string of the molecule is CCOCC(NCc1ccc(OC)cc1OC)C(C)C. The number of ether oxygens (including phenoxy) is 3. The Hall–Kier alpha value is -1.26. The molecule has 0 aromatic heterocycles. The van der Waals surface area contributed by atoms with Crippen LogP contribution in [0.15, 0.2) is 18.2 Å². The lowest BCUT2D eigenvalue weighted by Crippen LogP contribution is -2.37. The van der Waals surface area contributed by atoms with E-state index in [0.717, 1.165) is 36.8 Å². The minimum atomic E-state index is 0.335. The van der Waals surface area contributed by atoms with Gasteiger partial charge < -0.3 is 19.5 Å². The zero-order chi connectivity index (χ0) is 15.0. The fourth-order valence-corrected chi connectivity index (χ4v) is 1.97. The Balaban J connectivity index is 2.67. The first-order chi connectivity index (χ1) is 9.62. The number of rotatable bonds is 9. The smallest absolute Gasteiger partial charge is 0.127 e. The van der Waals surface area contributed by atoms with Crippen molar-refractivity contribution >= 4 is 0 Å². The molecule has 0 heterocycles. The fraction of sp³-hybridized carbons (Fsp3) is 0.625. The van der Waals surface area contributed by atoms with E-state index in [0.29, 0.717) is 12.0 Å². The molecule has 1 rings (SSSR count). The van der Waals surface area contributed by atoms with Crippen LogP contribution in [0.2, 0.25) is 0 Å². The van der Waals surface area contributed by atoms with Crippen LogP contribution < -0.4 is 14.8 Å². The number of benzene rings is 1. The van der Waals surface area contributed by atoms with Gasteiger partial charge in [0.05, 0.1) is 20.8 Å². The average Bonchev–Trinajstić information content (AvgIpc) is 2.46. The van der Waals surface area contributed by atoms with Crippen molar-refractivity contribution < 1.29 is 14.2 Å². The third kappa shape index (κ3) is 5.02. The maximum Gasteiger partial charge on any atom is 0.127 e. The summed E-state index contributed by atoms with van der Waals surface area (Å²) in [6.07, 6.45) is 0. The van der Waals surface area contributed by atoms with Crippen LogP contribution in [0.4, 0.5) is 0 Å². The predicted molar refractivity (Wildman–Crippen MR) is 81.5 cm³/mol. The van der Waals surface area contributed by atoms with E-state index in [4.69, 9.17) is 14.2 Å². The van der Waals surface area contributed by atoms with E-state index in [-0.39, 0.29) is 0 Å². The molecule has 0 saturated carbocycles. The topological polar surface area (TPSA) is 39.7 Å². The molecule has 0 radical (unpaired) electrons. The highest BCUT2D eigenvalue weighted by atomic mass is 16.5. The molecule has 1 atom stereocenters. The Morgan fingerprint density at radius 1 is 1.15 bits per heavy atom. The number of nitrogens with one attached hydrogen (secondary N) is 1. The summed E-state index contributed by atoms with van der Waals surface area (Å²) in [6, 6.07) is 6.22. The first-order valence-electron chi connectivity index (χ1n) is 7.14. The first-order valence-corrected chi connectivity index (χ1v) is 7.14. The Bertz CT molecular complexity index is 393. The second kappa shape index (κ2) is 8.82. The van der Waals surface area contributed by atoms with Gasteiger partial charge in [0.25, 0.3) is 0 Å². The Morgan fingerprint density at radius 3 is 2.45 bits per heavy atom. The molecular formula is C16H27NO3. The van der Waals surface area contributed by atoms with Crippen LogP contribution in [-0.2, 0) is 11.3 Å². The van der Waals surface area contributed by atoms with Gasteiger partial charge in [-0.25, -0.2) is 0 Å². The number of methoxy groups -OCH3 is 2. The molecule has 1 aromatic rings. The molecule has 0 fully saturated rings. The summed E-state index contributed by atoms with van der Waals surface area (Å²) in [5, 5.41) is 3.54. The van der Waals surface area contributed by atoms with Crippen molar-refractivity contribution in [3.63, 3.8) is 0 Å². The van der Waals surface area contributed by atoms with Gasteiger partial charge in [0, 0.05) is 30.8 Å². The summed E-state index contributed by atoms with van der Waals surface area (Å²) in [5.41, 5.74) is 1.12. The second-order valence-electron chi connectivity index (χ2n) is 5.07. The highest BCUT2D eigenvalue weighted by molar-refractivity contribution is 5.40. The summed E-state index contributed by atoms with van der Waals surface area (Å²) in [7, 11) is 3.34. The van der Waals surface area contributed by atoms with Crippen LogP contribution in [-0.4, -0.2) is 33.5 Å². The van der Waals surface area contributed by atoms with E-state index >= 15 is 0 Å². The maximum atomic E-state index is 5.52. The van der Waals surface area contributed by atoms with Crippen LogP contribution in [0.25, 0.3) is 0 Å². The predicted octanol–water partition coefficient (Wildman–Crippen LogP) is 2.85. The summed E-state index contributed by atoms with van der Waals surface area (Å²) in [6.45, 7) is 8.64. The van der Waals surface area contributed by atoms with Crippen molar-refractivity contribution in [1.82, 2.24) is 5.32 Å². The van der Waals surface area contributed by atoms with E-state index in [1.165, 1.54) is 0 Å². The molecule has 114 valence electrons. The molecule has 0 aliphatic carbocycles. The minimum Gasteiger partial charge on any atom is -0.497 e. The van der Waals surface area contributed by atoms with Crippen LogP contribution in [0.5, 0.6) is 11.5 Å². The molecule has 4 nitrogen and oxygen atoms in total. The lowest BCUT2D eigenvalue weighted by molar-refractivity contribution is 0.107. The van der Waals surface area contributed by atoms with Crippen LogP contribution in [0, 0.1) is 5.92 Å². The first kappa shape index (κ1) is 16.8. The van der Waals surface area contributed by atoms with Gasteiger partial charge in [0.15, 0.2) is 0 Å². The summed E-state index contributed by atoms with van der Waals surface area (Å²) in [5.74, 6) is 2.17. The monoisotopic (exact) mass is 281 g/mol. The van der Waals surface area contributed by atoms with E-state index in [1.807, 2.05) is 25.1 Å². The molecular weight excluding hydrogens is 254 g/mol. The third-order valence-electron chi connectivity index (χ3n) is 3.36. The number of hydrogen-bond acceptors (Lipinski definition) is 4. The Labute approximate surface area is 122 Å². The lowest BCUT2D eigenvalue weighted by Gasteiger charge is -2.23. The van der Waals surface area contributed by atoms with E-state index in [2.05, 4.69) is 19.2 Å². The van der Waals surface area contributed by atoms with Gasteiger partial charge in [-0.3, -0.25) is 0 Å². The minimum absolute atomic E-state index is 0.335. The van der Waals surface area contributed by atoms with Gasteiger partial charge in [0.1, 0.15) is 11.5 Å². The zero-order valence-electron chi connectivity index (χ0n) is 13.2. The molecule has 0 amide bonds. The molecule has 4 heteroatoms. The molecule has 0 spiro atoms. The van der Waals surface area contributed by atoms with Crippen molar-refractivity contribution in [3.8, 4) is 11.5 Å².